The monoisotopic (exact) mass is 225 g/mol. The number of ether oxygens (including phenoxy) is 1. The van der Waals surface area contributed by atoms with Crippen LogP contribution in [0.15, 0.2) is 6.20 Å². The summed E-state index contributed by atoms with van der Waals surface area (Å²) in [4.78, 5) is 10.4. The third-order valence-corrected chi connectivity index (χ3v) is 2.84. The van der Waals surface area contributed by atoms with Crippen molar-refractivity contribution in [3.05, 3.63) is 22.0 Å². The molecular formula is C10H15N3O3. The van der Waals surface area contributed by atoms with Gasteiger partial charge in [0.15, 0.2) is 6.23 Å². The van der Waals surface area contributed by atoms with E-state index in [1.807, 2.05) is 6.92 Å². The predicted octanol–water partition coefficient (Wildman–Crippen LogP) is 2.05. The molecule has 0 radical (unpaired) electrons. The Hall–Kier alpha value is -1.43. The van der Waals surface area contributed by atoms with E-state index in [9.17, 15) is 10.1 Å². The maximum Gasteiger partial charge on any atom is 0.310 e. The third kappa shape index (κ3) is 1.92. The zero-order valence-corrected chi connectivity index (χ0v) is 9.26. The van der Waals surface area contributed by atoms with Crippen molar-refractivity contribution in [3.8, 4) is 0 Å². The van der Waals surface area contributed by atoms with Gasteiger partial charge in [-0.1, -0.05) is 6.92 Å². The Kier molecular flexibility index (Phi) is 3.19. The van der Waals surface area contributed by atoms with Crippen LogP contribution in [0.5, 0.6) is 0 Å². The zero-order chi connectivity index (χ0) is 11.5. The van der Waals surface area contributed by atoms with Crippen molar-refractivity contribution in [3.63, 3.8) is 0 Å². The molecule has 0 aromatic carbocycles. The van der Waals surface area contributed by atoms with E-state index in [1.54, 1.807) is 4.68 Å². The van der Waals surface area contributed by atoms with Crippen LogP contribution in [0, 0.1) is 10.1 Å². The van der Waals surface area contributed by atoms with Crippen LogP contribution >= 0.6 is 0 Å². The largest absolute Gasteiger partial charge is 0.357 e. The highest BCUT2D eigenvalue weighted by Gasteiger charge is 2.25. The highest BCUT2D eigenvalue weighted by molar-refractivity contribution is 5.33. The van der Waals surface area contributed by atoms with Crippen molar-refractivity contribution in [1.29, 1.82) is 0 Å². The molecule has 16 heavy (non-hydrogen) atoms. The minimum absolute atomic E-state index is 0.0941. The molecule has 0 N–H and O–H groups in total. The molecule has 0 amide bonds. The molecule has 1 aliphatic heterocycles. The van der Waals surface area contributed by atoms with Crippen LogP contribution < -0.4 is 0 Å². The molecule has 0 spiro atoms. The maximum absolute atomic E-state index is 10.8. The normalized spacial score (nSPS) is 20.9. The molecule has 2 rings (SSSR count). The maximum atomic E-state index is 10.8. The second kappa shape index (κ2) is 4.61. The van der Waals surface area contributed by atoms with E-state index in [0.29, 0.717) is 18.7 Å². The van der Waals surface area contributed by atoms with E-state index in [2.05, 4.69) is 5.10 Å². The van der Waals surface area contributed by atoms with Gasteiger partial charge >= 0.3 is 5.69 Å². The number of nitrogens with zero attached hydrogens (tertiary/aromatic N) is 3. The summed E-state index contributed by atoms with van der Waals surface area (Å²) in [6.45, 7) is 2.60. The third-order valence-electron chi connectivity index (χ3n) is 2.84. The fourth-order valence-corrected chi connectivity index (χ4v) is 2.04. The molecule has 1 atom stereocenters. The van der Waals surface area contributed by atoms with E-state index < -0.39 is 0 Å². The average molecular weight is 225 g/mol. The molecule has 1 saturated heterocycles. The Morgan fingerprint density at radius 1 is 1.69 bits per heavy atom. The molecule has 1 fully saturated rings. The molecule has 1 aromatic rings. The Balaban J connectivity index is 2.29. The molecular weight excluding hydrogens is 210 g/mol. The summed E-state index contributed by atoms with van der Waals surface area (Å²) >= 11 is 0. The number of hydrogen-bond acceptors (Lipinski definition) is 4. The standard InChI is InChI=1S/C10H15N3O3/c1-2-8-9(13(14)15)7-11-12(8)10-5-3-4-6-16-10/h7,10H,2-6H2,1H3. The van der Waals surface area contributed by atoms with Gasteiger partial charge in [0.25, 0.3) is 0 Å². The summed E-state index contributed by atoms with van der Waals surface area (Å²) in [5.41, 5.74) is 0.744. The first kappa shape index (κ1) is 11.1. The van der Waals surface area contributed by atoms with Crippen molar-refractivity contribution in [2.75, 3.05) is 6.61 Å². The SMILES string of the molecule is CCc1c([N+](=O)[O-])cnn1C1CCCCO1. The van der Waals surface area contributed by atoms with Crippen molar-refractivity contribution in [2.45, 2.75) is 38.8 Å². The van der Waals surface area contributed by atoms with Crippen LogP contribution in [0.1, 0.15) is 38.1 Å². The Bertz CT molecular complexity index is 383. The summed E-state index contributed by atoms with van der Waals surface area (Å²) in [6.07, 6.45) is 4.80. The van der Waals surface area contributed by atoms with Gasteiger partial charge < -0.3 is 4.74 Å². The minimum Gasteiger partial charge on any atom is -0.357 e. The predicted molar refractivity (Wildman–Crippen MR) is 57.1 cm³/mol. The van der Waals surface area contributed by atoms with Crippen molar-refractivity contribution >= 4 is 5.69 Å². The van der Waals surface area contributed by atoms with Crippen molar-refractivity contribution in [2.24, 2.45) is 0 Å². The van der Waals surface area contributed by atoms with Crippen molar-refractivity contribution in [1.82, 2.24) is 9.78 Å². The summed E-state index contributed by atoms with van der Waals surface area (Å²) in [7, 11) is 0. The van der Waals surface area contributed by atoms with Gasteiger partial charge in [0, 0.05) is 6.61 Å². The first-order valence-corrected chi connectivity index (χ1v) is 5.56. The van der Waals surface area contributed by atoms with E-state index in [-0.39, 0.29) is 16.8 Å². The van der Waals surface area contributed by atoms with Crippen LogP contribution in [0.4, 0.5) is 5.69 Å². The molecule has 6 heteroatoms. The van der Waals surface area contributed by atoms with Gasteiger partial charge in [-0.3, -0.25) is 10.1 Å². The highest BCUT2D eigenvalue weighted by atomic mass is 16.6. The molecule has 1 unspecified atom stereocenters. The van der Waals surface area contributed by atoms with Crippen LogP contribution in [-0.2, 0) is 11.2 Å². The van der Waals surface area contributed by atoms with E-state index in [0.717, 1.165) is 19.3 Å². The van der Waals surface area contributed by atoms with E-state index in [1.165, 1.54) is 6.20 Å². The van der Waals surface area contributed by atoms with Gasteiger partial charge in [-0.25, -0.2) is 4.68 Å². The van der Waals surface area contributed by atoms with Gasteiger partial charge in [0.05, 0.1) is 4.92 Å². The lowest BCUT2D eigenvalue weighted by Crippen LogP contribution is -2.21. The Morgan fingerprint density at radius 3 is 3.06 bits per heavy atom. The van der Waals surface area contributed by atoms with Crippen LogP contribution in [-0.4, -0.2) is 21.3 Å². The molecule has 0 aliphatic carbocycles. The lowest BCUT2D eigenvalue weighted by atomic mass is 10.2. The van der Waals surface area contributed by atoms with Gasteiger partial charge in [0.1, 0.15) is 11.9 Å². The lowest BCUT2D eigenvalue weighted by Gasteiger charge is -2.23. The Morgan fingerprint density at radius 2 is 2.50 bits per heavy atom. The summed E-state index contributed by atoms with van der Waals surface area (Å²) < 4.78 is 7.24. The number of aromatic nitrogens is 2. The molecule has 88 valence electrons. The average Bonchev–Trinajstić information content (AvgIpc) is 2.73. The lowest BCUT2D eigenvalue weighted by molar-refractivity contribution is -0.385. The molecule has 0 saturated carbocycles. The van der Waals surface area contributed by atoms with Crippen molar-refractivity contribution < 1.29 is 9.66 Å². The zero-order valence-electron chi connectivity index (χ0n) is 9.26. The second-order valence-electron chi connectivity index (χ2n) is 3.85. The number of hydrogen-bond donors (Lipinski definition) is 0. The summed E-state index contributed by atoms with van der Waals surface area (Å²) in [5.74, 6) is 0. The smallest absolute Gasteiger partial charge is 0.310 e. The van der Waals surface area contributed by atoms with Crippen LogP contribution in [0.3, 0.4) is 0 Å². The fourth-order valence-electron chi connectivity index (χ4n) is 2.04. The summed E-state index contributed by atoms with van der Waals surface area (Å²) in [6, 6.07) is 0. The molecule has 6 nitrogen and oxygen atoms in total. The first-order valence-electron chi connectivity index (χ1n) is 5.56. The van der Waals surface area contributed by atoms with Crippen LogP contribution in [0.2, 0.25) is 0 Å². The van der Waals surface area contributed by atoms with Gasteiger partial charge in [0.2, 0.25) is 0 Å². The van der Waals surface area contributed by atoms with Gasteiger partial charge in [-0.05, 0) is 25.7 Å². The van der Waals surface area contributed by atoms with E-state index >= 15 is 0 Å². The number of rotatable bonds is 3. The molecule has 1 aliphatic rings. The van der Waals surface area contributed by atoms with E-state index in [4.69, 9.17) is 4.74 Å². The molecule has 0 bridgehead atoms. The minimum atomic E-state index is -0.384. The topological polar surface area (TPSA) is 70.2 Å². The summed E-state index contributed by atoms with van der Waals surface area (Å²) in [5, 5.41) is 14.9. The fraction of sp³-hybridized carbons (Fsp3) is 0.700. The first-order chi connectivity index (χ1) is 7.74. The van der Waals surface area contributed by atoms with Gasteiger partial charge in [-0.2, -0.15) is 5.10 Å². The highest BCUT2D eigenvalue weighted by Crippen LogP contribution is 2.27. The van der Waals surface area contributed by atoms with Gasteiger partial charge in [-0.15, -0.1) is 0 Å². The molecule has 1 aromatic heterocycles. The second-order valence-corrected chi connectivity index (χ2v) is 3.85. The molecule has 2 heterocycles. The quantitative estimate of drug-likeness (QED) is 0.583. The number of nitro groups is 1. The Labute approximate surface area is 93.4 Å². The van der Waals surface area contributed by atoms with Crippen LogP contribution in [0.25, 0.3) is 0 Å².